The van der Waals surface area contributed by atoms with E-state index < -0.39 is 0 Å². The molecule has 0 fully saturated rings. The molecule has 0 saturated heterocycles. The van der Waals surface area contributed by atoms with E-state index in [1.807, 2.05) is 18.5 Å². The molecule has 0 atom stereocenters. The van der Waals surface area contributed by atoms with Gasteiger partial charge >= 0.3 is 0 Å². The third-order valence-corrected chi connectivity index (χ3v) is 6.75. The summed E-state index contributed by atoms with van der Waals surface area (Å²) in [5.74, 6) is 0.756. The summed E-state index contributed by atoms with van der Waals surface area (Å²) in [7, 11) is 0. The van der Waals surface area contributed by atoms with E-state index in [4.69, 9.17) is 0 Å². The van der Waals surface area contributed by atoms with Gasteiger partial charge in [-0.05, 0) is 66.3 Å². The number of hydrogen-bond acceptors (Lipinski definition) is 2. The maximum Gasteiger partial charge on any atom is 0.160 e. The van der Waals surface area contributed by atoms with Crippen molar-refractivity contribution in [1.82, 2.24) is 9.97 Å². The maximum absolute atomic E-state index is 4.61. The zero-order valence-corrected chi connectivity index (χ0v) is 18.4. The van der Waals surface area contributed by atoms with Gasteiger partial charge in [-0.1, -0.05) is 97.1 Å². The molecule has 0 aliphatic heterocycles. The summed E-state index contributed by atoms with van der Waals surface area (Å²) in [4.78, 5) is 9.22. The van der Waals surface area contributed by atoms with E-state index in [2.05, 4.69) is 113 Å². The molecule has 34 heavy (non-hydrogen) atoms. The van der Waals surface area contributed by atoms with Crippen molar-refractivity contribution >= 4 is 43.1 Å². The molecule has 0 unspecified atom stereocenters. The van der Waals surface area contributed by atoms with Crippen LogP contribution in [0.15, 0.2) is 122 Å². The highest BCUT2D eigenvalue weighted by Crippen LogP contribution is 2.43. The number of rotatable bonds is 2. The summed E-state index contributed by atoms with van der Waals surface area (Å²) < 4.78 is 0. The van der Waals surface area contributed by atoms with Crippen LogP contribution in [0.4, 0.5) is 0 Å². The Balaban J connectivity index is 1.60. The van der Waals surface area contributed by atoms with Crippen LogP contribution in [0.2, 0.25) is 0 Å². The van der Waals surface area contributed by atoms with Gasteiger partial charge in [0, 0.05) is 18.0 Å². The summed E-state index contributed by atoms with van der Waals surface area (Å²) in [6.07, 6.45) is 3.63. The SMILES string of the molecule is c1cnc(-c2c3ccccc3c(-c3ccc4c(ccc5ccccc54)c3)c3ccccc23)nc1. The van der Waals surface area contributed by atoms with Crippen LogP contribution in [0.5, 0.6) is 0 Å². The third-order valence-electron chi connectivity index (χ3n) is 6.75. The second-order valence-corrected chi connectivity index (χ2v) is 8.64. The second-order valence-electron chi connectivity index (χ2n) is 8.64. The fraction of sp³-hybridized carbons (Fsp3) is 0. The summed E-state index contributed by atoms with van der Waals surface area (Å²) in [6, 6.07) is 39.0. The van der Waals surface area contributed by atoms with Gasteiger partial charge in [0.05, 0.1) is 0 Å². The molecule has 0 amide bonds. The van der Waals surface area contributed by atoms with Crippen LogP contribution in [0.3, 0.4) is 0 Å². The average Bonchev–Trinajstić information content (AvgIpc) is 2.91. The summed E-state index contributed by atoms with van der Waals surface area (Å²) in [5.41, 5.74) is 3.55. The molecular weight excluding hydrogens is 412 g/mol. The topological polar surface area (TPSA) is 25.8 Å². The standard InChI is InChI=1S/C32H20N2/c1-2-9-24-21(8-1)14-15-22-20-23(16-17-25(22)24)30-26-10-3-5-12-28(26)31(32-33-18-7-19-34-32)29-13-6-4-11-27(29)30/h1-20H. The monoisotopic (exact) mass is 432 g/mol. The fourth-order valence-electron chi connectivity index (χ4n) is 5.28. The molecule has 2 nitrogen and oxygen atoms in total. The van der Waals surface area contributed by atoms with Gasteiger partial charge < -0.3 is 0 Å². The molecule has 6 aromatic carbocycles. The number of hydrogen-bond donors (Lipinski definition) is 0. The van der Waals surface area contributed by atoms with Crippen LogP contribution in [0.1, 0.15) is 0 Å². The fourth-order valence-corrected chi connectivity index (χ4v) is 5.28. The second kappa shape index (κ2) is 7.50. The van der Waals surface area contributed by atoms with Gasteiger partial charge in [0.2, 0.25) is 0 Å². The number of nitrogens with zero attached hydrogens (tertiary/aromatic N) is 2. The van der Waals surface area contributed by atoms with E-state index in [0.29, 0.717) is 0 Å². The molecule has 0 saturated carbocycles. The Labute approximate surface area is 197 Å². The lowest BCUT2D eigenvalue weighted by atomic mass is 9.87. The molecule has 1 heterocycles. The largest absolute Gasteiger partial charge is 0.237 e. The average molecular weight is 433 g/mol. The van der Waals surface area contributed by atoms with Crippen molar-refractivity contribution in [1.29, 1.82) is 0 Å². The molecule has 158 valence electrons. The van der Waals surface area contributed by atoms with Gasteiger partial charge in [-0.15, -0.1) is 0 Å². The summed E-state index contributed by atoms with van der Waals surface area (Å²) in [5, 5.41) is 9.85. The smallest absolute Gasteiger partial charge is 0.160 e. The lowest BCUT2D eigenvalue weighted by molar-refractivity contribution is 1.18. The van der Waals surface area contributed by atoms with Crippen molar-refractivity contribution in [3.05, 3.63) is 122 Å². The highest BCUT2D eigenvalue weighted by molar-refractivity contribution is 6.21. The molecule has 0 bridgehead atoms. The van der Waals surface area contributed by atoms with Crippen LogP contribution >= 0.6 is 0 Å². The predicted molar refractivity (Wildman–Crippen MR) is 143 cm³/mol. The quantitative estimate of drug-likeness (QED) is 0.202. The van der Waals surface area contributed by atoms with Crippen LogP contribution in [0, 0.1) is 0 Å². The minimum atomic E-state index is 0.756. The molecule has 0 radical (unpaired) electrons. The Morgan fingerprint density at radius 3 is 1.59 bits per heavy atom. The van der Waals surface area contributed by atoms with E-state index in [1.54, 1.807) is 0 Å². The van der Waals surface area contributed by atoms with E-state index in [9.17, 15) is 0 Å². The van der Waals surface area contributed by atoms with Crippen molar-refractivity contribution in [2.75, 3.05) is 0 Å². The van der Waals surface area contributed by atoms with Crippen molar-refractivity contribution in [2.45, 2.75) is 0 Å². The van der Waals surface area contributed by atoms with Crippen LogP contribution < -0.4 is 0 Å². The minimum Gasteiger partial charge on any atom is -0.237 e. The maximum atomic E-state index is 4.61. The first-order chi connectivity index (χ1) is 16.9. The molecule has 0 aliphatic carbocycles. The van der Waals surface area contributed by atoms with Crippen molar-refractivity contribution < 1.29 is 0 Å². The van der Waals surface area contributed by atoms with Gasteiger partial charge in [-0.2, -0.15) is 0 Å². The lowest BCUT2D eigenvalue weighted by Gasteiger charge is -2.17. The Morgan fingerprint density at radius 2 is 0.912 bits per heavy atom. The highest BCUT2D eigenvalue weighted by atomic mass is 14.9. The summed E-state index contributed by atoms with van der Waals surface area (Å²) >= 11 is 0. The first-order valence-corrected chi connectivity index (χ1v) is 11.5. The van der Waals surface area contributed by atoms with Crippen molar-refractivity contribution in [2.24, 2.45) is 0 Å². The highest BCUT2D eigenvalue weighted by Gasteiger charge is 2.17. The van der Waals surface area contributed by atoms with Crippen molar-refractivity contribution in [3.63, 3.8) is 0 Å². The van der Waals surface area contributed by atoms with Gasteiger partial charge in [0.1, 0.15) is 0 Å². The van der Waals surface area contributed by atoms with Crippen molar-refractivity contribution in [3.8, 4) is 22.5 Å². The van der Waals surface area contributed by atoms with Gasteiger partial charge in [0.25, 0.3) is 0 Å². The molecule has 2 heteroatoms. The van der Waals surface area contributed by atoms with Crippen LogP contribution in [0.25, 0.3) is 65.6 Å². The normalized spacial score (nSPS) is 11.5. The third kappa shape index (κ3) is 2.82. The molecule has 7 rings (SSSR count). The minimum absolute atomic E-state index is 0.756. The predicted octanol–water partition coefficient (Wildman–Crippen LogP) is 8.42. The van der Waals surface area contributed by atoms with Gasteiger partial charge in [-0.25, -0.2) is 9.97 Å². The van der Waals surface area contributed by atoms with E-state index in [1.165, 1.54) is 54.2 Å². The Hall–Kier alpha value is -4.56. The molecule has 1 aromatic heterocycles. The number of benzene rings is 6. The molecule has 0 aliphatic rings. The molecule has 7 aromatic rings. The van der Waals surface area contributed by atoms with E-state index in [0.717, 1.165) is 11.4 Å². The van der Waals surface area contributed by atoms with Gasteiger partial charge in [-0.3, -0.25) is 0 Å². The zero-order valence-electron chi connectivity index (χ0n) is 18.4. The Kier molecular flexibility index (Phi) is 4.18. The Morgan fingerprint density at radius 1 is 0.382 bits per heavy atom. The first kappa shape index (κ1) is 19.0. The zero-order chi connectivity index (χ0) is 22.5. The number of aromatic nitrogens is 2. The van der Waals surface area contributed by atoms with E-state index in [-0.39, 0.29) is 0 Å². The van der Waals surface area contributed by atoms with E-state index >= 15 is 0 Å². The first-order valence-electron chi connectivity index (χ1n) is 11.5. The number of fused-ring (bicyclic) bond motifs is 5. The molecule has 0 N–H and O–H groups in total. The molecular formula is C32H20N2. The van der Waals surface area contributed by atoms with Gasteiger partial charge in [0.15, 0.2) is 5.82 Å². The summed E-state index contributed by atoms with van der Waals surface area (Å²) in [6.45, 7) is 0. The molecule has 0 spiro atoms. The van der Waals surface area contributed by atoms with Crippen LogP contribution in [-0.2, 0) is 0 Å². The Bertz CT molecular complexity index is 1800. The lowest BCUT2D eigenvalue weighted by Crippen LogP contribution is -1.93. The van der Waals surface area contributed by atoms with Crippen LogP contribution in [-0.4, -0.2) is 9.97 Å².